The quantitative estimate of drug-likeness (QED) is 0.834. The highest BCUT2D eigenvalue weighted by molar-refractivity contribution is 7.10. The minimum Gasteiger partial charge on any atom is -0.450 e. The molecule has 92 valence electrons. The Hall–Kier alpha value is -1.51. The minimum absolute atomic E-state index is 0.145. The molecule has 17 heavy (non-hydrogen) atoms. The van der Waals surface area contributed by atoms with Crippen molar-refractivity contribution in [1.82, 2.24) is 4.90 Å². The van der Waals surface area contributed by atoms with Gasteiger partial charge in [-0.3, -0.25) is 0 Å². The fourth-order valence-electron chi connectivity index (χ4n) is 1.20. The number of hydrogen-bond donors (Lipinski definition) is 1. The summed E-state index contributed by atoms with van der Waals surface area (Å²) in [6.07, 6.45) is -0.330. The van der Waals surface area contributed by atoms with Crippen molar-refractivity contribution in [3.63, 3.8) is 0 Å². The van der Waals surface area contributed by atoms with Crippen molar-refractivity contribution >= 4 is 17.4 Å². The van der Waals surface area contributed by atoms with Gasteiger partial charge in [0.1, 0.15) is 6.61 Å². The van der Waals surface area contributed by atoms with Gasteiger partial charge in [0, 0.05) is 22.9 Å². The Bertz CT molecular complexity index is 430. The number of hydrogen-bond acceptors (Lipinski definition) is 4. The molecule has 0 aliphatic heterocycles. The van der Waals surface area contributed by atoms with E-state index in [1.54, 1.807) is 14.0 Å². The molecule has 0 aromatic carbocycles. The van der Waals surface area contributed by atoms with E-state index in [2.05, 4.69) is 11.8 Å². The maximum atomic E-state index is 11.4. The summed E-state index contributed by atoms with van der Waals surface area (Å²) in [6.45, 7) is 2.51. The molecule has 0 aliphatic rings. The van der Waals surface area contributed by atoms with Gasteiger partial charge in [-0.15, -0.1) is 11.3 Å². The van der Waals surface area contributed by atoms with E-state index in [1.807, 2.05) is 11.4 Å². The number of ether oxygens (including phenoxy) is 1. The van der Waals surface area contributed by atoms with Crippen LogP contribution in [-0.4, -0.2) is 36.4 Å². The number of aliphatic hydroxyl groups excluding tert-OH is 1. The lowest BCUT2D eigenvalue weighted by atomic mass is 10.3. The van der Waals surface area contributed by atoms with E-state index in [0.29, 0.717) is 13.2 Å². The number of carbonyl (C=O) groups is 1. The van der Waals surface area contributed by atoms with E-state index in [0.717, 1.165) is 10.4 Å². The Morgan fingerprint density at radius 2 is 2.41 bits per heavy atom. The summed E-state index contributed by atoms with van der Waals surface area (Å²) >= 11 is 1.53. The third-order valence-corrected chi connectivity index (χ3v) is 2.86. The average molecular weight is 253 g/mol. The molecule has 0 bridgehead atoms. The smallest absolute Gasteiger partial charge is 0.409 e. The van der Waals surface area contributed by atoms with Crippen LogP contribution in [0.1, 0.15) is 17.4 Å². The molecule has 0 saturated heterocycles. The van der Waals surface area contributed by atoms with Gasteiger partial charge in [0.2, 0.25) is 0 Å². The summed E-state index contributed by atoms with van der Waals surface area (Å²) < 4.78 is 4.88. The Morgan fingerprint density at radius 3 is 3.06 bits per heavy atom. The third-order valence-electron chi connectivity index (χ3n) is 1.94. The van der Waals surface area contributed by atoms with Gasteiger partial charge in [0.25, 0.3) is 0 Å². The monoisotopic (exact) mass is 253 g/mol. The molecule has 1 N–H and O–H groups in total. The van der Waals surface area contributed by atoms with Gasteiger partial charge in [-0.05, 0) is 13.0 Å². The molecular formula is C12H15NO3S. The van der Waals surface area contributed by atoms with Crippen LogP contribution in [0.4, 0.5) is 4.79 Å². The first-order valence-corrected chi connectivity index (χ1v) is 6.10. The summed E-state index contributed by atoms with van der Waals surface area (Å²) in [4.78, 5) is 13.9. The summed E-state index contributed by atoms with van der Waals surface area (Å²) in [6, 6.07) is 1.91. The van der Waals surface area contributed by atoms with Crippen LogP contribution in [0.2, 0.25) is 0 Å². The number of rotatable bonds is 3. The standard InChI is InChI=1S/C12H15NO3S/c1-3-16-12(15)13(2)8-11-7-10(9-17-11)5-4-6-14/h7,9,14H,3,6,8H2,1-2H3. The van der Waals surface area contributed by atoms with Crippen LogP contribution in [0.5, 0.6) is 0 Å². The molecular weight excluding hydrogens is 238 g/mol. The van der Waals surface area contributed by atoms with Crippen molar-refractivity contribution < 1.29 is 14.6 Å². The van der Waals surface area contributed by atoms with Gasteiger partial charge >= 0.3 is 6.09 Å². The van der Waals surface area contributed by atoms with Crippen LogP contribution in [0, 0.1) is 11.8 Å². The van der Waals surface area contributed by atoms with Crippen molar-refractivity contribution in [3.05, 3.63) is 21.9 Å². The van der Waals surface area contributed by atoms with Gasteiger partial charge in [0.15, 0.2) is 0 Å². The van der Waals surface area contributed by atoms with Gasteiger partial charge in [0.05, 0.1) is 13.2 Å². The number of thiophene rings is 1. The second kappa shape index (κ2) is 6.94. The fraction of sp³-hybridized carbons (Fsp3) is 0.417. The van der Waals surface area contributed by atoms with Crippen LogP contribution in [0.25, 0.3) is 0 Å². The van der Waals surface area contributed by atoms with E-state index in [1.165, 1.54) is 16.2 Å². The zero-order chi connectivity index (χ0) is 12.7. The number of aliphatic hydroxyl groups is 1. The van der Waals surface area contributed by atoms with Crippen molar-refractivity contribution in [3.8, 4) is 11.8 Å². The Morgan fingerprint density at radius 1 is 1.65 bits per heavy atom. The lowest BCUT2D eigenvalue weighted by molar-refractivity contribution is 0.114. The highest BCUT2D eigenvalue weighted by atomic mass is 32.1. The summed E-state index contributed by atoms with van der Waals surface area (Å²) in [5.74, 6) is 5.40. The molecule has 0 saturated carbocycles. The topological polar surface area (TPSA) is 49.8 Å². The first kappa shape index (κ1) is 13.6. The predicted molar refractivity (Wildman–Crippen MR) is 66.8 cm³/mol. The molecule has 1 aromatic rings. The third kappa shape index (κ3) is 4.47. The molecule has 0 radical (unpaired) electrons. The number of carbonyl (C=O) groups excluding carboxylic acids is 1. The molecule has 5 heteroatoms. The molecule has 0 spiro atoms. The van der Waals surface area contributed by atoms with E-state index in [9.17, 15) is 4.79 Å². The van der Waals surface area contributed by atoms with Crippen LogP contribution >= 0.6 is 11.3 Å². The zero-order valence-electron chi connectivity index (χ0n) is 9.90. The van der Waals surface area contributed by atoms with E-state index < -0.39 is 0 Å². The largest absolute Gasteiger partial charge is 0.450 e. The van der Waals surface area contributed by atoms with Crippen LogP contribution in [0.3, 0.4) is 0 Å². The highest BCUT2D eigenvalue weighted by Gasteiger charge is 2.10. The average Bonchev–Trinajstić information content (AvgIpc) is 2.74. The Balaban J connectivity index is 2.57. The molecule has 0 aliphatic carbocycles. The minimum atomic E-state index is -0.330. The van der Waals surface area contributed by atoms with E-state index >= 15 is 0 Å². The van der Waals surface area contributed by atoms with Crippen molar-refractivity contribution in [2.45, 2.75) is 13.5 Å². The van der Waals surface area contributed by atoms with Crippen molar-refractivity contribution in [1.29, 1.82) is 0 Å². The molecule has 0 unspecified atom stereocenters. The first-order valence-electron chi connectivity index (χ1n) is 5.22. The van der Waals surface area contributed by atoms with Crippen molar-refractivity contribution in [2.24, 2.45) is 0 Å². The highest BCUT2D eigenvalue weighted by Crippen LogP contribution is 2.15. The molecule has 0 atom stereocenters. The molecule has 4 nitrogen and oxygen atoms in total. The van der Waals surface area contributed by atoms with Crippen LogP contribution in [-0.2, 0) is 11.3 Å². The lowest BCUT2D eigenvalue weighted by Crippen LogP contribution is -2.26. The summed E-state index contributed by atoms with van der Waals surface area (Å²) in [7, 11) is 1.69. The van der Waals surface area contributed by atoms with E-state index in [4.69, 9.17) is 9.84 Å². The normalized spacial score (nSPS) is 9.35. The summed E-state index contributed by atoms with van der Waals surface area (Å²) in [5, 5.41) is 10.5. The molecule has 0 fully saturated rings. The molecule has 1 rings (SSSR count). The molecule has 1 heterocycles. The lowest BCUT2D eigenvalue weighted by Gasteiger charge is -2.14. The Kier molecular flexibility index (Phi) is 5.53. The van der Waals surface area contributed by atoms with Gasteiger partial charge in [-0.1, -0.05) is 11.8 Å². The second-order valence-corrected chi connectivity index (χ2v) is 4.31. The maximum absolute atomic E-state index is 11.4. The number of nitrogens with zero attached hydrogens (tertiary/aromatic N) is 1. The first-order chi connectivity index (χ1) is 8.17. The van der Waals surface area contributed by atoms with Gasteiger partial charge in [-0.2, -0.15) is 0 Å². The van der Waals surface area contributed by atoms with Crippen LogP contribution in [0.15, 0.2) is 11.4 Å². The number of amides is 1. The molecule has 1 amide bonds. The van der Waals surface area contributed by atoms with Gasteiger partial charge in [-0.25, -0.2) is 4.79 Å². The zero-order valence-corrected chi connectivity index (χ0v) is 10.7. The van der Waals surface area contributed by atoms with Crippen molar-refractivity contribution in [2.75, 3.05) is 20.3 Å². The maximum Gasteiger partial charge on any atom is 0.409 e. The molecule has 1 aromatic heterocycles. The van der Waals surface area contributed by atoms with Crippen LogP contribution < -0.4 is 0 Å². The Labute approximate surface area is 105 Å². The fourth-order valence-corrected chi connectivity index (χ4v) is 2.07. The predicted octanol–water partition coefficient (Wildman–Crippen LogP) is 1.68. The van der Waals surface area contributed by atoms with Gasteiger partial charge < -0.3 is 14.7 Å². The summed E-state index contributed by atoms with van der Waals surface area (Å²) in [5.41, 5.74) is 0.858. The van der Waals surface area contributed by atoms with E-state index in [-0.39, 0.29) is 12.7 Å². The SMILES string of the molecule is CCOC(=O)N(C)Cc1cc(C#CCO)cs1. The second-order valence-electron chi connectivity index (χ2n) is 3.32.